The lowest BCUT2D eigenvalue weighted by Crippen LogP contribution is -2.36. The van der Waals surface area contributed by atoms with Gasteiger partial charge >= 0.3 is 5.97 Å². The van der Waals surface area contributed by atoms with Crippen LogP contribution in [0.3, 0.4) is 0 Å². The van der Waals surface area contributed by atoms with Crippen LogP contribution >= 0.6 is 0 Å². The number of benzene rings is 1. The molecule has 2 N–H and O–H groups in total. The van der Waals surface area contributed by atoms with Crippen LogP contribution in [0.5, 0.6) is 0 Å². The molecular formula is C13H17NO4. The Morgan fingerprint density at radius 3 is 2.56 bits per heavy atom. The van der Waals surface area contributed by atoms with Crippen LogP contribution < -0.4 is 5.32 Å². The van der Waals surface area contributed by atoms with Gasteiger partial charge in [-0.05, 0) is 18.9 Å². The smallest absolute Gasteiger partial charge is 0.329 e. The third kappa shape index (κ3) is 6.00. The second-order valence-electron chi connectivity index (χ2n) is 4.04. The molecule has 0 bridgehead atoms. The molecule has 0 spiro atoms. The Balaban J connectivity index is 2.25. The molecule has 18 heavy (non-hydrogen) atoms. The molecule has 98 valence electrons. The van der Waals surface area contributed by atoms with Crippen LogP contribution in [0, 0.1) is 0 Å². The number of carboxylic acid groups (broad SMARTS) is 1. The Kier molecular flexibility index (Phi) is 5.87. The maximum atomic E-state index is 11.4. The predicted molar refractivity (Wildman–Crippen MR) is 66.2 cm³/mol. The summed E-state index contributed by atoms with van der Waals surface area (Å²) in [5.41, 5.74) is 1.14. The van der Waals surface area contributed by atoms with Crippen LogP contribution in [0.25, 0.3) is 0 Å². The summed E-state index contributed by atoms with van der Waals surface area (Å²) in [4.78, 5) is 21.6. The summed E-state index contributed by atoms with van der Waals surface area (Å²) in [6.07, 6.45) is 0.728. The fraction of sp³-hybridized carbons (Fsp3) is 0.385. The zero-order chi connectivity index (χ0) is 13.4. The first kappa shape index (κ1) is 14.2. The molecule has 0 aliphatic carbocycles. The fourth-order valence-corrected chi connectivity index (χ4v) is 1.57. The minimum atomic E-state index is -1.08. The molecule has 0 fully saturated rings. The van der Waals surface area contributed by atoms with Crippen molar-refractivity contribution in [3.05, 3.63) is 35.9 Å². The Morgan fingerprint density at radius 2 is 1.94 bits per heavy atom. The third-order valence-corrected chi connectivity index (χ3v) is 2.25. The largest absolute Gasteiger partial charge is 0.480 e. The summed E-state index contributed by atoms with van der Waals surface area (Å²) in [6, 6.07) is 9.78. The molecular weight excluding hydrogens is 234 g/mol. The van der Waals surface area contributed by atoms with Crippen LogP contribution in [-0.2, 0) is 20.7 Å². The van der Waals surface area contributed by atoms with E-state index in [0.29, 0.717) is 0 Å². The van der Waals surface area contributed by atoms with Gasteiger partial charge in [-0.2, -0.15) is 0 Å². The van der Waals surface area contributed by atoms with Crippen LogP contribution in [0.1, 0.15) is 12.5 Å². The summed E-state index contributed by atoms with van der Waals surface area (Å²) in [5.74, 6) is -1.39. The van der Waals surface area contributed by atoms with E-state index in [2.05, 4.69) is 5.32 Å². The normalized spacial score (nSPS) is 11.8. The van der Waals surface area contributed by atoms with Crippen molar-refractivity contribution in [3.8, 4) is 0 Å². The molecule has 1 aromatic carbocycles. The first-order chi connectivity index (χ1) is 8.58. The van der Waals surface area contributed by atoms with Gasteiger partial charge in [-0.1, -0.05) is 30.3 Å². The quantitative estimate of drug-likeness (QED) is 0.752. The Hall–Kier alpha value is -1.88. The zero-order valence-electron chi connectivity index (χ0n) is 10.3. The highest BCUT2D eigenvalue weighted by Crippen LogP contribution is 2.02. The molecule has 1 amide bonds. The summed E-state index contributed by atoms with van der Waals surface area (Å²) >= 11 is 0. The first-order valence-electron chi connectivity index (χ1n) is 5.70. The molecule has 0 aliphatic heterocycles. The van der Waals surface area contributed by atoms with Gasteiger partial charge in [0.2, 0.25) is 5.91 Å². The van der Waals surface area contributed by atoms with Crippen LogP contribution in [0.2, 0.25) is 0 Å². The zero-order valence-corrected chi connectivity index (χ0v) is 10.3. The van der Waals surface area contributed by atoms with Crippen LogP contribution in [0.15, 0.2) is 30.3 Å². The molecule has 0 radical (unpaired) electrons. The lowest BCUT2D eigenvalue weighted by molar-refractivity contribution is -0.143. The van der Waals surface area contributed by atoms with Gasteiger partial charge in [0, 0.05) is 6.04 Å². The van der Waals surface area contributed by atoms with Crippen molar-refractivity contribution in [3.63, 3.8) is 0 Å². The SMILES string of the molecule is CC(Cc1ccccc1)NC(=O)COCC(=O)O. The van der Waals surface area contributed by atoms with E-state index in [-0.39, 0.29) is 18.6 Å². The van der Waals surface area contributed by atoms with Crippen molar-refractivity contribution >= 4 is 11.9 Å². The second-order valence-corrected chi connectivity index (χ2v) is 4.04. The molecule has 1 rings (SSSR count). The van der Waals surface area contributed by atoms with E-state index in [4.69, 9.17) is 9.84 Å². The Labute approximate surface area is 106 Å². The predicted octanol–water partition coefficient (Wildman–Crippen LogP) is 0.835. The molecule has 1 atom stereocenters. The van der Waals surface area contributed by atoms with E-state index >= 15 is 0 Å². The highest BCUT2D eigenvalue weighted by atomic mass is 16.5. The van der Waals surface area contributed by atoms with E-state index in [1.807, 2.05) is 37.3 Å². The standard InChI is InChI=1S/C13H17NO4/c1-10(7-11-5-3-2-4-6-11)14-12(15)8-18-9-13(16)17/h2-6,10H,7-9H2,1H3,(H,14,15)(H,16,17). The summed E-state index contributed by atoms with van der Waals surface area (Å²) in [6.45, 7) is 1.20. The summed E-state index contributed by atoms with van der Waals surface area (Å²) in [5, 5.41) is 11.1. The number of carbonyl (C=O) groups excluding carboxylic acids is 1. The topological polar surface area (TPSA) is 75.6 Å². The van der Waals surface area contributed by atoms with Gasteiger partial charge in [-0.15, -0.1) is 0 Å². The molecule has 0 saturated carbocycles. The molecule has 5 heteroatoms. The van der Waals surface area contributed by atoms with Crippen LogP contribution in [-0.4, -0.2) is 36.2 Å². The number of amides is 1. The van der Waals surface area contributed by atoms with Gasteiger partial charge < -0.3 is 15.2 Å². The van der Waals surface area contributed by atoms with E-state index in [0.717, 1.165) is 12.0 Å². The average molecular weight is 251 g/mol. The van der Waals surface area contributed by atoms with Crippen molar-refractivity contribution in [1.29, 1.82) is 0 Å². The van der Waals surface area contributed by atoms with E-state index in [9.17, 15) is 9.59 Å². The molecule has 0 heterocycles. The Morgan fingerprint density at radius 1 is 1.28 bits per heavy atom. The molecule has 0 aromatic heterocycles. The van der Waals surface area contributed by atoms with E-state index in [1.54, 1.807) is 0 Å². The average Bonchev–Trinajstić information content (AvgIpc) is 2.29. The van der Waals surface area contributed by atoms with Crippen molar-refractivity contribution in [2.24, 2.45) is 0 Å². The van der Waals surface area contributed by atoms with Crippen molar-refractivity contribution in [1.82, 2.24) is 5.32 Å². The highest BCUT2D eigenvalue weighted by Gasteiger charge is 2.08. The minimum absolute atomic E-state index is 0.0201. The second kappa shape index (κ2) is 7.45. The summed E-state index contributed by atoms with van der Waals surface area (Å²) in [7, 11) is 0. The maximum Gasteiger partial charge on any atom is 0.329 e. The van der Waals surface area contributed by atoms with Crippen molar-refractivity contribution in [2.75, 3.05) is 13.2 Å². The molecule has 0 aliphatic rings. The third-order valence-electron chi connectivity index (χ3n) is 2.25. The Bertz CT molecular complexity index is 391. The van der Waals surface area contributed by atoms with E-state index in [1.165, 1.54) is 0 Å². The maximum absolute atomic E-state index is 11.4. The van der Waals surface area contributed by atoms with Crippen molar-refractivity contribution < 1.29 is 19.4 Å². The number of carbonyl (C=O) groups is 2. The fourth-order valence-electron chi connectivity index (χ4n) is 1.57. The molecule has 1 aromatic rings. The van der Waals surface area contributed by atoms with Crippen molar-refractivity contribution in [2.45, 2.75) is 19.4 Å². The van der Waals surface area contributed by atoms with E-state index < -0.39 is 12.6 Å². The van der Waals surface area contributed by atoms with Crippen LogP contribution in [0.4, 0.5) is 0 Å². The van der Waals surface area contributed by atoms with Gasteiger partial charge in [-0.25, -0.2) is 4.79 Å². The number of carboxylic acids is 1. The number of rotatable bonds is 7. The molecule has 5 nitrogen and oxygen atoms in total. The minimum Gasteiger partial charge on any atom is -0.480 e. The van der Waals surface area contributed by atoms with Gasteiger partial charge in [0.05, 0.1) is 0 Å². The van der Waals surface area contributed by atoms with Gasteiger partial charge in [-0.3, -0.25) is 4.79 Å². The highest BCUT2D eigenvalue weighted by molar-refractivity contribution is 5.78. The lowest BCUT2D eigenvalue weighted by Gasteiger charge is -2.13. The monoisotopic (exact) mass is 251 g/mol. The van der Waals surface area contributed by atoms with Gasteiger partial charge in [0.1, 0.15) is 13.2 Å². The number of ether oxygens (including phenoxy) is 1. The first-order valence-corrected chi connectivity index (χ1v) is 5.70. The molecule has 1 unspecified atom stereocenters. The number of aliphatic carboxylic acids is 1. The van der Waals surface area contributed by atoms with Gasteiger partial charge in [0.15, 0.2) is 0 Å². The number of hydrogen-bond acceptors (Lipinski definition) is 3. The van der Waals surface area contributed by atoms with Gasteiger partial charge in [0.25, 0.3) is 0 Å². The number of nitrogens with one attached hydrogen (secondary N) is 1. The number of hydrogen-bond donors (Lipinski definition) is 2. The lowest BCUT2D eigenvalue weighted by atomic mass is 10.1. The molecule has 0 saturated heterocycles. The summed E-state index contributed by atoms with van der Waals surface area (Å²) < 4.78 is 4.70.